The molecule has 2 aromatic carbocycles. The van der Waals surface area contributed by atoms with Crippen LogP contribution >= 0.6 is 34.8 Å². The Bertz CT molecular complexity index is 797. The number of ether oxygens (including phenoxy) is 1. The standard InChI is InChI=1S/C16H11Cl3F3NO2/c1-8(25-14-5-3-10(17)7-12(14)19)15(24)23-13-4-2-9(6-11(13)18)16(20,21)22/h2-8H,1H3,(H,23,24). The molecule has 0 saturated carbocycles. The summed E-state index contributed by atoms with van der Waals surface area (Å²) in [5.74, 6) is -0.361. The van der Waals surface area contributed by atoms with Crippen molar-refractivity contribution in [1.82, 2.24) is 0 Å². The minimum Gasteiger partial charge on any atom is -0.479 e. The molecule has 2 aromatic rings. The first-order valence-electron chi connectivity index (χ1n) is 6.87. The molecule has 0 saturated heterocycles. The maximum absolute atomic E-state index is 12.6. The molecular formula is C16H11Cl3F3NO2. The Morgan fingerprint density at radius 3 is 2.32 bits per heavy atom. The van der Waals surface area contributed by atoms with Gasteiger partial charge in [-0.05, 0) is 43.3 Å². The van der Waals surface area contributed by atoms with Crippen LogP contribution in [-0.2, 0) is 11.0 Å². The van der Waals surface area contributed by atoms with Crippen molar-refractivity contribution in [3.8, 4) is 5.75 Å². The van der Waals surface area contributed by atoms with E-state index < -0.39 is 23.8 Å². The van der Waals surface area contributed by atoms with Gasteiger partial charge in [0.1, 0.15) is 5.75 Å². The molecule has 25 heavy (non-hydrogen) atoms. The van der Waals surface area contributed by atoms with Crippen LogP contribution in [0.2, 0.25) is 15.1 Å². The number of rotatable bonds is 4. The van der Waals surface area contributed by atoms with Crippen LogP contribution in [-0.4, -0.2) is 12.0 Å². The summed E-state index contributed by atoms with van der Waals surface area (Å²) in [6.45, 7) is 1.46. The van der Waals surface area contributed by atoms with E-state index in [2.05, 4.69) is 5.32 Å². The third kappa shape index (κ3) is 5.17. The van der Waals surface area contributed by atoms with Gasteiger partial charge in [0.25, 0.3) is 5.91 Å². The van der Waals surface area contributed by atoms with Crippen molar-refractivity contribution >= 4 is 46.4 Å². The number of alkyl halides is 3. The van der Waals surface area contributed by atoms with Gasteiger partial charge in [0.05, 0.1) is 21.3 Å². The Balaban J connectivity index is 2.08. The highest BCUT2D eigenvalue weighted by Crippen LogP contribution is 2.34. The number of halogens is 6. The largest absolute Gasteiger partial charge is 0.479 e. The molecule has 0 fully saturated rings. The van der Waals surface area contributed by atoms with Crippen molar-refractivity contribution in [2.24, 2.45) is 0 Å². The molecule has 1 amide bonds. The number of nitrogens with one attached hydrogen (secondary N) is 1. The molecule has 0 aliphatic heterocycles. The fourth-order valence-corrected chi connectivity index (χ4v) is 2.52. The normalized spacial score (nSPS) is 12.6. The Hall–Kier alpha value is -1.63. The smallest absolute Gasteiger partial charge is 0.416 e. The van der Waals surface area contributed by atoms with Crippen LogP contribution in [0.4, 0.5) is 18.9 Å². The zero-order valence-electron chi connectivity index (χ0n) is 12.6. The third-order valence-electron chi connectivity index (χ3n) is 3.12. The molecule has 0 aliphatic carbocycles. The van der Waals surface area contributed by atoms with Gasteiger partial charge in [-0.25, -0.2) is 0 Å². The molecule has 1 atom stereocenters. The number of amides is 1. The molecule has 0 radical (unpaired) electrons. The summed E-state index contributed by atoms with van der Waals surface area (Å²) in [5.41, 5.74) is -0.870. The molecule has 0 aliphatic rings. The summed E-state index contributed by atoms with van der Waals surface area (Å²) in [4.78, 5) is 12.1. The molecule has 0 heterocycles. The minimum atomic E-state index is -4.52. The first kappa shape index (κ1) is 19.7. The number of carbonyl (C=O) groups is 1. The van der Waals surface area contributed by atoms with Crippen LogP contribution in [0.3, 0.4) is 0 Å². The van der Waals surface area contributed by atoms with E-state index in [1.807, 2.05) is 0 Å². The molecule has 134 valence electrons. The lowest BCUT2D eigenvalue weighted by atomic mass is 10.2. The lowest BCUT2D eigenvalue weighted by Crippen LogP contribution is -2.30. The van der Waals surface area contributed by atoms with E-state index in [0.29, 0.717) is 5.02 Å². The Morgan fingerprint density at radius 2 is 1.76 bits per heavy atom. The lowest BCUT2D eigenvalue weighted by Gasteiger charge is -2.17. The molecule has 9 heteroatoms. The fourth-order valence-electron chi connectivity index (χ4n) is 1.84. The zero-order valence-corrected chi connectivity index (χ0v) is 14.9. The van der Waals surface area contributed by atoms with Gasteiger partial charge >= 0.3 is 6.18 Å². The average Bonchev–Trinajstić information content (AvgIpc) is 2.50. The molecule has 3 nitrogen and oxygen atoms in total. The maximum Gasteiger partial charge on any atom is 0.416 e. The Labute approximate surface area is 156 Å². The molecule has 1 N–H and O–H groups in total. The van der Waals surface area contributed by atoms with Crippen LogP contribution in [0, 0.1) is 0 Å². The van der Waals surface area contributed by atoms with E-state index in [-0.39, 0.29) is 21.5 Å². The average molecular weight is 413 g/mol. The van der Waals surface area contributed by atoms with Crippen molar-refractivity contribution in [2.45, 2.75) is 19.2 Å². The number of anilines is 1. The van der Waals surface area contributed by atoms with Crippen LogP contribution in [0.5, 0.6) is 5.75 Å². The fraction of sp³-hybridized carbons (Fsp3) is 0.188. The molecular weight excluding hydrogens is 402 g/mol. The van der Waals surface area contributed by atoms with Crippen molar-refractivity contribution in [3.05, 3.63) is 57.0 Å². The predicted octanol–water partition coefficient (Wildman–Crippen LogP) is 6.07. The van der Waals surface area contributed by atoms with Crippen molar-refractivity contribution < 1.29 is 22.7 Å². The highest BCUT2D eigenvalue weighted by atomic mass is 35.5. The second kappa shape index (κ2) is 7.72. The zero-order chi connectivity index (χ0) is 18.8. The molecule has 0 bridgehead atoms. The third-order valence-corrected chi connectivity index (χ3v) is 3.96. The van der Waals surface area contributed by atoms with Crippen LogP contribution in [0.15, 0.2) is 36.4 Å². The van der Waals surface area contributed by atoms with E-state index in [1.54, 1.807) is 6.07 Å². The minimum absolute atomic E-state index is 0.0392. The van der Waals surface area contributed by atoms with Crippen LogP contribution < -0.4 is 10.1 Å². The van der Waals surface area contributed by atoms with E-state index in [1.165, 1.54) is 19.1 Å². The number of hydrogen-bond acceptors (Lipinski definition) is 2. The van der Waals surface area contributed by atoms with Crippen LogP contribution in [0.1, 0.15) is 12.5 Å². The number of carbonyl (C=O) groups excluding carboxylic acids is 1. The highest BCUT2D eigenvalue weighted by Gasteiger charge is 2.31. The maximum atomic E-state index is 12.6. The second-order valence-corrected chi connectivity index (χ2v) is 6.27. The Kier molecular flexibility index (Phi) is 6.08. The van der Waals surface area contributed by atoms with E-state index in [0.717, 1.165) is 18.2 Å². The monoisotopic (exact) mass is 411 g/mol. The molecule has 0 aromatic heterocycles. The van der Waals surface area contributed by atoms with Gasteiger partial charge in [0.2, 0.25) is 0 Å². The van der Waals surface area contributed by atoms with E-state index in [9.17, 15) is 18.0 Å². The Morgan fingerprint density at radius 1 is 1.08 bits per heavy atom. The quantitative estimate of drug-likeness (QED) is 0.662. The molecule has 0 spiro atoms. The second-order valence-electron chi connectivity index (χ2n) is 5.02. The lowest BCUT2D eigenvalue weighted by molar-refractivity contribution is -0.137. The van der Waals surface area contributed by atoms with E-state index >= 15 is 0 Å². The topological polar surface area (TPSA) is 38.3 Å². The summed E-state index contributed by atoms with van der Waals surface area (Å²) < 4.78 is 43.3. The molecule has 2 rings (SSSR count). The summed E-state index contributed by atoms with van der Waals surface area (Å²) in [7, 11) is 0. The summed E-state index contributed by atoms with van der Waals surface area (Å²) in [6, 6.07) is 7.13. The van der Waals surface area contributed by atoms with Crippen LogP contribution in [0.25, 0.3) is 0 Å². The van der Waals surface area contributed by atoms with Gasteiger partial charge in [-0.1, -0.05) is 34.8 Å². The summed E-state index contributed by atoms with van der Waals surface area (Å²) in [6.07, 6.45) is -5.49. The van der Waals surface area contributed by atoms with Gasteiger partial charge in [-0.15, -0.1) is 0 Å². The first-order valence-corrected chi connectivity index (χ1v) is 8.00. The van der Waals surface area contributed by atoms with Crippen molar-refractivity contribution in [2.75, 3.05) is 5.32 Å². The van der Waals surface area contributed by atoms with Gasteiger partial charge < -0.3 is 10.1 Å². The number of hydrogen-bond donors (Lipinski definition) is 1. The van der Waals surface area contributed by atoms with Gasteiger partial charge in [0, 0.05) is 5.02 Å². The predicted molar refractivity (Wildman–Crippen MR) is 91.6 cm³/mol. The molecule has 1 unspecified atom stereocenters. The van der Waals surface area contributed by atoms with Gasteiger partial charge in [-0.3, -0.25) is 4.79 Å². The van der Waals surface area contributed by atoms with Crippen molar-refractivity contribution in [1.29, 1.82) is 0 Å². The highest BCUT2D eigenvalue weighted by molar-refractivity contribution is 6.35. The number of benzene rings is 2. The first-order chi connectivity index (χ1) is 11.6. The summed E-state index contributed by atoms with van der Waals surface area (Å²) in [5, 5.41) is 2.80. The van der Waals surface area contributed by atoms with Crippen molar-refractivity contribution in [3.63, 3.8) is 0 Å². The SMILES string of the molecule is CC(Oc1ccc(Cl)cc1Cl)C(=O)Nc1ccc(C(F)(F)F)cc1Cl. The van der Waals surface area contributed by atoms with Gasteiger partial charge in [0.15, 0.2) is 6.10 Å². The van der Waals surface area contributed by atoms with E-state index in [4.69, 9.17) is 39.5 Å². The summed E-state index contributed by atoms with van der Waals surface area (Å²) >= 11 is 17.5. The van der Waals surface area contributed by atoms with Gasteiger partial charge in [-0.2, -0.15) is 13.2 Å².